The van der Waals surface area contributed by atoms with Gasteiger partial charge in [-0.3, -0.25) is 0 Å². The van der Waals surface area contributed by atoms with E-state index in [-0.39, 0.29) is 5.82 Å². The molecule has 0 aromatic heterocycles. The summed E-state index contributed by atoms with van der Waals surface area (Å²) in [5.41, 5.74) is 3.07. The van der Waals surface area contributed by atoms with Crippen LogP contribution in [0.1, 0.15) is 16.7 Å². The van der Waals surface area contributed by atoms with E-state index < -0.39 is 0 Å². The summed E-state index contributed by atoms with van der Waals surface area (Å²) < 4.78 is 19.2. The Bertz CT molecular complexity index is 581. The molecule has 2 rings (SSSR count). The van der Waals surface area contributed by atoms with Gasteiger partial charge in [0.05, 0.1) is 0 Å². The average molecular weight is 259 g/mol. The summed E-state index contributed by atoms with van der Waals surface area (Å²) in [6.45, 7) is 4.61. The van der Waals surface area contributed by atoms with E-state index in [1.807, 2.05) is 33.0 Å². The summed E-state index contributed by atoms with van der Waals surface area (Å²) in [6, 6.07) is 10.6. The molecule has 19 heavy (non-hydrogen) atoms. The minimum Gasteiger partial charge on any atom is -0.457 e. The first kappa shape index (κ1) is 13.6. The third kappa shape index (κ3) is 3.32. The van der Waals surface area contributed by atoms with Crippen LogP contribution < -0.4 is 10.1 Å². The number of aryl methyl sites for hydroxylation is 2. The van der Waals surface area contributed by atoms with Crippen molar-refractivity contribution in [3.05, 3.63) is 58.9 Å². The minimum absolute atomic E-state index is 0.252. The maximum absolute atomic E-state index is 13.3. The quantitative estimate of drug-likeness (QED) is 0.897. The van der Waals surface area contributed by atoms with Crippen molar-refractivity contribution >= 4 is 0 Å². The van der Waals surface area contributed by atoms with Crippen LogP contribution in [0, 0.1) is 19.7 Å². The second-order valence-electron chi connectivity index (χ2n) is 4.65. The van der Waals surface area contributed by atoms with Gasteiger partial charge in [0, 0.05) is 12.1 Å². The van der Waals surface area contributed by atoms with E-state index in [9.17, 15) is 4.39 Å². The highest BCUT2D eigenvalue weighted by atomic mass is 19.1. The molecule has 0 atom stereocenters. The zero-order valence-electron chi connectivity index (χ0n) is 11.5. The second-order valence-corrected chi connectivity index (χ2v) is 4.65. The molecular weight excluding hydrogens is 241 g/mol. The maximum Gasteiger partial charge on any atom is 0.132 e. The molecule has 2 aromatic rings. The van der Waals surface area contributed by atoms with Gasteiger partial charge in [0.1, 0.15) is 17.3 Å². The van der Waals surface area contributed by atoms with Gasteiger partial charge in [0.15, 0.2) is 0 Å². The lowest BCUT2D eigenvalue weighted by Gasteiger charge is -2.13. The van der Waals surface area contributed by atoms with Gasteiger partial charge in [-0.25, -0.2) is 4.39 Å². The fourth-order valence-electron chi connectivity index (χ4n) is 2.01. The standard InChI is InChI=1S/C16H18FNO/c1-11-4-6-15(12(2)8-11)19-16-7-5-14(17)9-13(16)10-18-3/h4-9,18H,10H2,1-3H3. The van der Waals surface area contributed by atoms with Crippen LogP contribution in [0.2, 0.25) is 0 Å². The lowest BCUT2D eigenvalue weighted by atomic mass is 10.1. The SMILES string of the molecule is CNCc1cc(F)ccc1Oc1ccc(C)cc1C. The average Bonchev–Trinajstić information content (AvgIpc) is 2.36. The smallest absolute Gasteiger partial charge is 0.132 e. The predicted molar refractivity (Wildman–Crippen MR) is 75.2 cm³/mol. The van der Waals surface area contributed by atoms with Crippen LogP contribution in [-0.4, -0.2) is 7.05 Å². The molecule has 3 heteroatoms. The van der Waals surface area contributed by atoms with E-state index in [1.165, 1.54) is 17.7 Å². The molecule has 0 aliphatic heterocycles. The maximum atomic E-state index is 13.3. The summed E-state index contributed by atoms with van der Waals surface area (Å²) in [5.74, 6) is 1.23. The number of benzene rings is 2. The van der Waals surface area contributed by atoms with E-state index in [1.54, 1.807) is 6.07 Å². The van der Waals surface area contributed by atoms with Crippen LogP contribution in [0.15, 0.2) is 36.4 Å². The molecule has 1 N–H and O–H groups in total. The number of nitrogens with one attached hydrogen (secondary N) is 1. The number of hydrogen-bond acceptors (Lipinski definition) is 2. The second kappa shape index (κ2) is 5.85. The van der Waals surface area contributed by atoms with Crippen LogP contribution >= 0.6 is 0 Å². The molecule has 0 unspecified atom stereocenters. The van der Waals surface area contributed by atoms with Crippen molar-refractivity contribution in [1.29, 1.82) is 0 Å². The topological polar surface area (TPSA) is 21.3 Å². The minimum atomic E-state index is -0.252. The van der Waals surface area contributed by atoms with E-state index in [0.717, 1.165) is 16.9 Å². The molecular formula is C16H18FNO. The Kier molecular flexibility index (Phi) is 4.17. The monoisotopic (exact) mass is 259 g/mol. The zero-order chi connectivity index (χ0) is 13.8. The normalized spacial score (nSPS) is 10.5. The van der Waals surface area contributed by atoms with Crippen molar-refractivity contribution in [2.75, 3.05) is 7.05 Å². The Morgan fingerprint density at radius 2 is 1.79 bits per heavy atom. The molecule has 100 valence electrons. The molecule has 0 bridgehead atoms. The van der Waals surface area contributed by atoms with Crippen molar-refractivity contribution in [3.8, 4) is 11.5 Å². The van der Waals surface area contributed by atoms with Gasteiger partial charge in [-0.15, -0.1) is 0 Å². The Balaban J connectivity index is 2.32. The van der Waals surface area contributed by atoms with Crippen molar-refractivity contribution in [2.24, 2.45) is 0 Å². The highest BCUT2D eigenvalue weighted by Gasteiger charge is 2.08. The van der Waals surface area contributed by atoms with Crippen LogP contribution in [0.4, 0.5) is 4.39 Å². The highest BCUT2D eigenvalue weighted by molar-refractivity contribution is 5.42. The van der Waals surface area contributed by atoms with Crippen LogP contribution in [0.3, 0.4) is 0 Å². The van der Waals surface area contributed by atoms with Crippen molar-refractivity contribution in [3.63, 3.8) is 0 Å². The summed E-state index contributed by atoms with van der Waals surface area (Å²) >= 11 is 0. The molecule has 0 radical (unpaired) electrons. The first-order valence-corrected chi connectivity index (χ1v) is 6.28. The molecule has 0 saturated carbocycles. The molecule has 0 saturated heterocycles. The van der Waals surface area contributed by atoms with Crippen LogP contribution in [-0.2, 0) is 6.54 Å². The summed E-state index contributed by atoms with van der Waals surface area (Å²) in [4.78, 5) is 0. The summed E-state index contributed by atoms with van der Waals surface area (Å²) in [7, 11) is 1.83. The molecule has 0 aliphatic carbocycles. The van der Waals surface area contributed by atoms with E-state index in [2.05, 4.69) is 11.4 Å². The third-order valence-corrected chi connectivity index (χ3v) is 2.94. The Hall–Kier alpha value is -1.87. The number of halogens is 1. The van der Waals surface area contributed by atoms with Gasteiger partial charge >= 0.3 is 0 Å². The van der Waals surface area contributed by atoms with Gasteiger partial charge in [-0.2, -0.15) is 0 Å². The van der Waals surface area contributed by atoms with E-state index in [4.69, 9.17) is 4.74 Å². The predicted octanol–water partition coefficient (Wildman–Crippen LogP) is 3.95. The number of rotatable bonds is 4. The van der Waals surface area contributed by atoms with Crippen molar-refractivity contribution in [2.45, 2.75) is 20.4 Å². The highest BCUT2D eigenvalue weighted by Crippen LogP contribution is 2.29. The van der Waals surface area contributed by atoms with Crippen LogP contribution in [0.5, 0.6) is 11.5 Å². The van der Waals surface area contributed by atoms with Gasteiger partial charge < -0.3 is 10.1 Å². The lowest BCUT2D eigenvalue weighted by molar-refractivity contribution is 0.468. The zero-order valence-corrected chi connectivity index (χ0v) is 11.5. The fourth-order valence-corrected chi connectivity index (χ4v) is 2.01. The van der Waals surface area contributed by atoms with Gasteiger partial charge in [0.25, 0.3) is 0 Å². The summed E-state index contributed by atoms with van der Waals surface area (Å²) in [5, 5.41) is 3.01. The number of ether oxygens (including phenoxy) is 1. The van der Waals surface area contributed by atoms with Gasteiger partial charge in [0.2, 0.25) is 0 Å². The van der Waals surface area contributed by atoms with Crippen molar-refractivity contribution in [1.82, 2.24) is 5.32 Å². The number of hydrogen-bond donors (Lipinski definition) is 1. The molecule has 0 spiro atoms. The van der Waals surface area contributed by atoms with E-state index >= 15 is 0 Å². The third-order valence-electron chi connectivity index (χ3n) is 2.94. The summed E-state index contributed by atoms with van der Waals surface area (Å²) in [6.07, 6.45) is 0. The fraction of sp³-hybridized carbons (Fsp3) is 0.250. The largest absolute Gasteiger partial charge is 0.457 e. The van der Waals surface area contributed by atoms with Gasteiger partial charge in [-0.05, 0) is 50.7 Å². The van der Waals surface area contributed by atoms with Crippen molar-refractivity contribution < 1.29 is 9.13 Å². The Morgan fingerprint density at radius 1 is 1.05 bits per heavy atom. The van der Waals surface area contributed by atoms with E-state index in [0.29, 0.717) is 12.3 Å². The first-order chi connectivity index (χ1) is 9.10. The Labute approximate surface area is 113 Å². The van der Waals surface area contributed by atoms with Crippen LogP contribution in [0.25, 0.3) is 0 Å². The lowest BCUT2D eigenvalue weighted by Crippen LogP contribution is -2.07. The van der Waals surface area contributed by atoms with Gasteiger partial charge in [-0.1, -0.05) is 17.7 Å². The Morgan fingerprint density at radius 3 is 2.47 bits per heavy atom. The first-order valence-electron chi connectivity index (χ1n) is 6.28. The molecule has 2 nitrogen and oxygen atoms in total. The molecule has 0 aliphatic rings. The molecule has 2 aromatic carbocycles. The molecule has 0 heterocycles. The molecule has 0 amide bonds. The molecule has 0 fully saturated rings.